The second-order valence-corrected chi connectivity index (χ2v) is 3.07. The molecule has 0 bridgehead atoms. The molecule has 0 radical (unpaired) electrons. The normalized spacial score (nSPS) is 14.4. The van der Waals surface area contributed by atoms with Crippen molar-refractivity contribution < 1.29 is 4.74 Å². The van der Waals surface area contributed by atoms with Crippen molar-refractivity contribution in [2.45, 2.75) is 39.2 Å². The number of ether oxygens (including phenoxy) is 1. The van der Waals surface area contributed by atoms with Gasteiger partial charge in [-0.2, -0.15) is 0 Å². The van der Waals surface area contributed by atoms with Crippen molar-refractivity contribution in [2.75, 3.05) is 7.11 Å². The van der Waals surface area contributed by atoms with E-state index in [1.165, 1.54) is 6.21 Å². The van der Waals surface area contributed by atoms with Gasteiger partial charge >= 0.3 is 0 Å². The average molecular weight is 169 g/mol. The lowest BCUT2D eigenvalue weighted by Gasteiger charge is -2.06. The molecule has 0 aliphatic rings. The zero-order valence-electron chi connectivity index (χ0n) is 8.26. The number of hydrogen-bond acceptors (Lipinski definition) is 2. The van der Waals surface area contributed by atoms with Gasteiger partial charge in [-0.05, 0) is 38.7 Å². The fourth-order valence-corrected chi connectivity index (χ4v) is 0.912. The van der Waals surface area contributed by atoms with E-state index in [1.54, 1.807) is 7.11 Å². The summed E-state index contributed by atoms with van der Waals surface area (Å²) in [6, 6.07) is 0. The number of rotatable bonds is 6. The lowest BCUT2D eigenvalue weighted by Crippen LogP contribution is -2.03. The summed E-state index contributed by atoms with van der Waals surface area (Å²) in [5.41, 5.74) is 1.04. The molecule has 0 spiro atoms. The summed E-state index contributed by atoms with van der Waals surface area (Å²) < 4.78 is 5.12. The minimum atomic E-state index is 0.360. The molecular weight excluding hydrogens is 150 g/mol. The van der Waals surface area contributed by atoms with Gasteiger partial charge in [0.2, 0.25) is 0 Å². The van der Waals surface area contributed by atoms with Gasteiger partial charge in [-0.1, -0.05) is 6.08 Å². The lowest BCUT2D eigenvalue weighted by molar-refractivity contribution is 0.109. The van der Waals surface area contributed by atoms with E-state index in [0.717, 1.165) is 24.8 Å². The fraction of sp³-hybridized carbons (Fsp3) is 0.700. The Morgan fingerprint density at radius 1 is 1.58 bits per heavy atom. The van der Waals surface area contributed by atoms with Crippen LogP contribution in [0.15, 0.2) is 11.6 Å². The van der Waals surface area contributed by atoms with Crippen molar-refractivity contribution in [2.24, 2.45) is 0 Å². The number of methoxy groups -OCH3 is 1. The van der Waals surface area contributed by atoms with Crippen LogP contribution in [0.2, 0.25) is 0 Å². The zero-order valence-corrected chi connectivity index (χ0v) is 8.26. The Kier molecular flexibility index (Phi) is 6.67. The third kappa shape index (κ3) is 6.10. The number of allylic oxidation sites excluding steroid dienone is 2. The molecular formula is C10H19NO. The first-order valence-corrected chi connectivity index (χ1v) is 4.40. The first-order valence-electron chi connectivity index (χ1n) is 4.40. The highest BCUT2D eigenvalue weighted by Crippen LogP contribution is 2.04. The first-order chi connectivity index (χ1) is 5.70. The number of nitrogens with one attached hydrogen (secondary N) is 1. The molecule has 12 heavy (non-hydrogen) atoms. The van der Waals surface area contributed by atoms with Crippen LogP contribution in [0, 0.1) is 5.41 Å². The third-order valence-corrected chi connectivity index (χ3v) is 1.91. The monoisotopic (exact) mass is 169 g/mol. The molecule has 0 heterocycles. The van der Waals surface area contributed by atoms with Gasteiger partial charge in [-0.3, -0.25) is 0 Å². The molecule has 0 saturated carbocycles. The SMILES string of the molecule is CO[C@H](C)CCC/C=C(\C)C=N. The highest BCUT2D eigenvalue weighted by atomic mass is 16.5. The van der Waals surface area contributed by atoms with Crippen molar-refractivity contribution in [3.63, 3.8) is 0 Å². The van der Waals surface area contributed by atoms with Crippen molar-refractivity contribution in [1.82, 2.24) is 0 Å². The molecule has 0 fully saturated rings. The van der Waals surface area contributed by atoms with Crippen LogP contribution in [-0.4, -0.2) is 19.4 Å². The molecule has 70 valence electrons. The maximum absolute atomic E-state index is 6.95. The Labute approximate surface area is 75.1 Å². The molecule has 0 unspecified atom stereocenters. The molecule has 2 nitrogen and oxygen atoms in total. The van der Waals surface area contributed by atoms with Crippen LogP contribution >= 0.6 is 0 Å². The fourth-order valence-electron chi connectivity index (χ4n) is 0.912. The van der Waals surface area contributed by atoms with E-state index in [9.17, 15) is 0 Å². The van der Waals surface area contributed by atoms with E-state index >= 15 is 0 Å². The highest BCUT2D eigenvalue weighted by Gasteiger charge is 1.96. The summed E-state index contributed by atoms with van der Waals surface area (Å²) in [6.07, 6.45) is 7.13. The Morgan fingerprint density at radius 2 is 2.25 bits per heavy atom. The summed E-state index contributed by atoms with van der Waals surface area (Å²) in [6.45, 7) is 4.03. The Balaban J connectivity index is 3.38. The predicted octanol–water partition coefficient (Wildman–Crippen LogP) is 2.79. The highest BCUT2D eigenvalue weighted by molar-refractivity contribution is 5.74. The topological polar surface area (TPSA) is 33.1 Å². The van der Waals surface area contributed by atoms with Crippen LogP contribution in [0.25, 0.3) is 0 Å². The van der Waals surface area contributed by atoms with E-state index in [1.807, 2.05) is 6.92 Å². The van der Waals surface area contributed by atoms with Crippen molar-refractivity contribution in [1.29, 1.82) is 5.41 Å². The summed E-state index contributed by atoms with van der Waals surface area (Å²) in [5.74, 6) is 0. The molecule has 0 aromatic heterocycles. The summed E-state index contributed by atoms with van der Waals surface area (Å²) in [4.78, 5) is 0. The molecule has 0 saturated heterocycles. The van der Waals surface area contributed by atoms with Crippen LogP contribution < -0.4 is 0 Å². The van der Waals surface area contributed by atoms with E-state index in [-0.39, 0.29) is 0 Å². The Bertz CT molecular complexity index is 152. The van der Waals surface area contributed by atoms with Crippen LogP contribution in [0.3, 0.4) is 0 Å². The molecule has 0 aliphatic carbocycles. The molecule has 0 amide bonds. The van der Waals surface area contributed by atoms with Crippen molar-refractivity contribution in [3.05, 3.63) is 11.6 Å². The van der Waals surface area contributed by atoms with Crippen LogP contribution in [0.4, 0.5) is 0 Å². The largest absolute Gasteiger partial charge is 0.382 e. The molecule has 0 aromatic rings. The zero-order chi connectivity index (χ0) is 9.40. The summed E-state index contributed by atoms with van der Waals surface area (Å²) in [5, 5.41) is 6.95. The van der Waals surface area contributed by atoms with E-state index in [2.05, 4.69) is 13.0 Å². The minimum absolute atomic E-state index is 0.360. The van der Waals surface area contributed by atoms with Crippen LogP contribution in [0.5, 0.6) is 0 Å². The number of unbranched alkanes of at least 4 members (excludes halogenated alkanes) is 1. The average Bonchev–Trinajstić information content (AvgIpc) is 2.11. The van der Waals surface area contributed by atoms with Gasteiger partial charge in [0.25, 0.3) is 0 Å². The van der Waals surface area contributed by atoms with Crippen LogP contribution in [0.1, 0.15) is 33.1 Å². The standard InChI is InChI=1S/C10H19NO/c1-9(8-11)6-4-5-7-10(2)12-3/h6,8,10-11H,4-5,7H2,1-3H3/b9-6+,11-8?/t10-/m1/s1. The van der Waals surface area contributed by atoms with E-state index in [4.69, 9.17) is 10.1 Å². The quantitative estimate of drug-likeness (QED) is 0.481. The Morgan fingerprint density at radius 3 is 2.75 bits per heavy atom. The molecule has 1 N–H and O–H groups in total. The third-order valence-electron chi connectivity index (χ3n) is 1.91. The van der Waals surface area contributed by atoms with Crippen molar-refractivity contribution >= 4 is 6.21 Å². The Hall–Kier alpha value is -0.630. The van der Waals surface area contributed by atoms with Gasteiger partial charge in [0.1, 0.15) is 0 Å². The second kappa shape index (κ2) is 7.04. The second-order valence-electron chi connectivity index (χ2n) is 3.07. The smallest absolute Gasteiger partial charge is 0.0543 e. The summed E-state index contributed by atoms with van der Waals surface area (Å²) >= 11 is 0. The lowest BCUT2D eigenvalue weighted by atomic mass is 10.1. The van der Waals surface area contributed by atoms with Crippen molar-refractivity contribution in [3.8, 4) is 0 Å². The number of hydrogen-bond donors (Lipinski definition) is 1. The van der Waals surface area contributed by atoms with Gasteiger partial charge in [0.05, 0.1) is 6.10 Å². The van der Waals surface area contributed by atoms with Gasteiger partial charge in [0, 0.05) is 13.3 Å². The maximum atomic E-state index is 6.95. The maximum Gasteiger partial charge on any atom is 0.0543 e. The van der Waals surface area contributed by atoms with E-state index in [0.29, 0.717) is 6.10 Å². The molecule has 0 aromatic carbocycles. The molecule has 2 heteroatoms. The van der Waals surface area contributed by atoms with E-state index < -0.39 is 0 Å². The minimum Gasteiger partial charge on any atom is -0.382 e. The van der Waals surface area contributed by atoms with Gasteiger partial charge < -0.3 is 10.1 Å². The van der Waals surface area contributed by atoms with Gasteiger partial charge in [0.15, 0.2) is 0 Å². The first kappa shape index (κ1) is 11.4. The molecule has 0 aliphatic heterocycles. The predicted molar refractivity (Wildman–Crippen MR) is 52.9 cm³/mol. The van der Waals surface area contributed by atoms with Gasteiger partial charge in [-0.15, -0.1) is 0 Å². The van der Waals surface area contributed by atoms with Crippen LogP contribution in [-0.2, 0) is 4.74 Å². The summed E-state index contributed by atoms with van der Waals surface area (Å²) in [7, 11) is 1.74. The molecule has 0 rings (SSSR count). The van der Waals surface area contributed by atoms with Gasteiger partial charge in [-0.25, -0.2) is 0 Å². The molecule has 1 atom stereocenters.